The van der Waals surface area contributed by atoms with Gasteiger partial charge in [-0.2, -0.15) is 0 Å². The molecular formula is C53H34N2. The molecule has 2 heteroatoms. The van der Waals surface area contributed by atoms with Gasteiger partial charge in [-0.05, 0) is 125 Å². The standard InChI is InChI=1S/C53H34N2/c1-2-15-45(16-3-1)55-51-20-9-8-19-50(51)54-53(55)38-25-21-37(22-26-38)41-27-29-43-34-49-46(42-28-23-35-11-4-6-13-39(35)31-42)17-10-18-47(49)52(48(43)33-41)44-30-24-36-12-5-7-14-40(36)32-44/h1-34H. The first-order valence-corrected chi connectivity index (χ1v) is 18.9. The maximum Gasteiger partial charge on any atom is 0.145 e. The first kappa shape index (κ1) is 31.3. The van der Waals surface area contributed by atoms with Gasteiger partial charge in [-0.3, -0.25) is 4.57 Å². The fourth-order valence-electron chi connectivity index (χ4n) is 8.45. The summed E-state index contributed by atoms with van der Waals surface area (Å²) >= 11 is 0. The average Bonchev–Trinajstić information content (AvgIpc) is 3.65. The SMILES string of the molecule is c1ccc(-n2c(-c3ccc(-c4ccc5cc6c(-c7ccc8ccccc8c7)cccc6c(-c6ccc7ccccc7c6)c5c4)cc3)nc3ccccc32)cc1. The van der Waals surface area contributed by atoms with Crippen LogP contribution < -0.4 is 0 Å². The molecule has 256 valence electrons. The van der Waals surface area contributed by atoms with Crippen molar-refractivity contribution in [3.8, 4) is 50.5 Å². The van der Waals surface area contributed by atoms with Gasteiger partial charge in [0, 0.05) is 11.3 Å². The van der Waals surface area contributed by atoms with Crippen molar-refractivity contribution in [2.45, 2.75) is 0 Å². The zero-order chi connectivity index (χ0) is 36.3. The summed E-state index contributed by atoms with van der Waals surface area (Å²) in [5, 5.41) is 9.96. The molecule has 0 aliphatic rings. The lowest BCUT2D eigenvalue weighted by atomic mass is 9.87. The summed E-state index contributed by atoms with van der Waals surface area (Å²) in [6, 6.07) is 74.8. The second-order valence-electron chi connectivity index (χ2n) is 14.4. The van der Waals surface area contributed by atoms with Crippen molar-refractivity contribution in [1.82, 2.24) is 9.55 Å². The van der Waals surface area contributed by atoms with Crippen LogP contribution in [0.25, 0.3) is 105 Å². The molecule has 11 aromatic rings. The van der Waals surface area contributed by atoms with E-state index in [1.165, 1.54) is 76.5 Å². The van der Waals surface area contributed by atoms with Gasteiger partial charge in [0.25, 0.3) is 0 Å². The second-order valence-corrected chi connectivity index (χ2v) is 14.4. The average molecular weight is 699 g/mol. The molecule has 0 bridgehead atoms. The van der Waals surface area contributed by atoms with Gasteiger partial charge in [-0.25, -0.2) is 4.98 Å². The van der Waals surface area contributed by atoms with Crippen molar-refractivity contribution in [3.05, 3.63) is 206 Å². The minimum Gasteiger partial charge on any atom is -0.292 e. The van der Waals surface area contributed by atoms with Crippen LogP contribution in [0.5, 0.6) is 0 Å². The molecule has 0 N–H and O–H groups in total. The van der Waals surface area contributed by atoms with Crippen LogP contribution in [0.4, 0.5) is 0 Å². The molecule has 0 saturated heterocycles. The highest BCUT2D eigenvalue weighted by atomic mass is 15.1. The monoisotopic (exact) mass is 698 g/mol. The Hall–Kier alpha value is -7.29. The summed E-state index contributed by atoms with van der Waals surface area (Å²) in [4.78, 5) is 5.11. The molecule has 0 amide bonds. The topological polar surface area (TPSA) is 17.8 Å². The van der Waals surface area contributed by atoms with Crippen molar-refractivity contribution in [3.63, 3.8) is 0 Å². The molecule has 2 nitrogen and oxygen atoms in total. The van der Waals surface area contributed by atoms with Gasteiger partial charge < -0.3 is 0 Å². The fraction of sp³-hybridized carbons (Fsp3) is 0. The molecule has 11 rings (SSSR count). The molecule has 0 atom stereocenters. The van der Waals surface area contributed by atoms with E-state index in [0.717, 1.165) is 28.1 Å². The number of aromatic nitrogens is 2. The van der Waals surface area contributed by atoms with Crippen molar-refractivity contribution in [1.29, 1.82) is 0 Å². The number of hydrogen-bond donors (Lipinski definition) is 0. The third-order valence-corrected chi connectivity index (χ3v) is 11.1. The fourth-order valence-corrected chi connectivity index (χ4v) is 8.45. The Morgan fingerprint density at radius 3 is 1.71 bits per heavy atom. The molecule has 0 fully saturated rings. The first-order chi connectivity index (χ1) is 27.2. The quantitative estimate of drug-likeness (QED) is 0.164. The van der Waals surface area contributed by atoms with Crippen LogP contribution in [0.2, 0.25) is 0 Å². The lowest BCUT2D eigenvalue weighted by Crippen LogP contribution is -1.97. The lowest BCUT2D eigenvalue weighted by Gasteiger charge is -2.17. The Morgan fingerprint density at radius 1 is 0.327 bits per heavy atom. The summed E-state index contributed by atoms with van der Waals surface area (Å²) in [5.41, 5.74) is 11.6. The predicted octanol–water partition coefficient (Wildman–Crippen LogP) is 14.3. The largest absolute Gasteiger partial charge is 0.292 e. The van der Waals surface area contributed by atoms with Crippen molar-refractivity contribution < 1.29 is 0 Å². The zero-order valence-corrected chi connectivity index (χ0v) is 30.0. The highest BCUT2D eigenvalue weighted by Crippen LogP contribution is 2.43. The molecule has 1 aromatic heterocycles. The number of hydrogen-bond acceptors (Lipinski definition) is 1. The van der Waals surface area contributed by atoms with E-state index in [4.69, 9.17) is 4.98 Å². The van der Waals surface area contributed by atoms with Gasteiger partial charge in [0.05, 0.1) is 11.0 Å². The van der Waals surface area contributed by atoms with E-state index in [2.05, 4.69) is 211 Å². The summed E-state index contributed by atoms with van der Waals surface area (Å²) < 4.78 is 2.26. The van der Waals surface area contributed by atoms with Gasteiger partial charge in [0.2, 0.25) is 0 Å². The van der Waals surface area contributed by atoms with E-state index < -0.39 is 0 Å². The van der Waals surface area contributed by atoms with E-state index in [0.29, 0.717) is 0 Å². The van der Waals surface area contributed by atoms with Gasteiger partial charge in [-0.1, -0.05) is 158 Å². The highest BCUT2D eigenvalue weighted by Gasteiger charge is 2.17. The number of imidazole rings is 1. The highest BCUT2D eigenvalue weighted by molar-refractivity contribution is 6.17. The molecule has 0 saturated carbocycles. The number of nitrogens with zero attached hydrogens (tertiary/aromatic N) is 2. The Balaban J connectivity index is 1.08. The first-order valence-electron chi connectivity index (χ1n) is 18.9. The minimum absolute atomic E-state index is 0.935. The number of benzene rings is 10. The third kappa shape index (κ3) is 5.30. The molecule has 0 unspecified atom stereocenters. The van der Waals surface area contributed by atoms with E-state index >= 15 is 0 Å². The minimum atomic E-state index is 0.935. The third-order valence-electron chi connectivity index (χ3n) is 11.1. The van der Waals surface area contributed by atoms with E-state index in [1.807, 2.05) is 0 Å². The Bertz CT molecular complexity index is 3240. The van der Waals surface area contributed by atoms with Gasteiger partial charge >= 0.3 is 0 Å². The van der Waals surface area contributed by atoms with Gasteiger partial charge in [0.1, 0.15) is 5.82 Å². The summed E-state index contributed by atoms with van der Waals surface area (Å²) in [7, 11) is 0. The van der Waals surface area contributed by atoms with E-state index in [-0.39, 0.29) is 0 Å². The number of para-hydroxylation sites is 3. The Morgan fingerprint density at radius 2 is 0.927 bits per heavy atom. The molecule has 0 aliphatic heterocycles. The second kappa shape index (κ2) is 12.7. The molecule has 0 spiro atoms. The molecule has 0 radical (unpaired) electrons. The van der Waals surface area contributed by atoms with Gasteiger partial charge in [0.15, 0.2) is 0 Å². The van der Waals surface area contributed by atoms with E-state index in [1.54, 1.807) is 0 Å². The maximum atomic E-state index is 5.11. The van der Waals surface area contributed by atoms with Crippen LogP contribution in [0, 0.1) is 0 Å². The van der Waals surface area contributed by atoms with Crippen LogP contribution in [-0.4, -0.2) is 9.55 Å². The zero-order valence-electron chi connectivity index (χ0n) is 30.0. The van der Waals surface area contributed by atoms with Crippen LogP contribution in [-0.2, 0) is 0 Å². The predicted molar refractivity (Wildman–Crippen MR) is 233 cm³/mol. The van der Waals surface area contributed by atoms with Crippen molar-refractivity contribution >= 4 is 54.1 Å². The summed E-state index contributed by atoms with van der Waals surface area (Å²) in [6.45, 7) is 0. The molecule has 1 heterocycles. The molecular weight excluding hydrogens is 665 g/mol. The van der Waals surface area contributed by atoms with Crippen molar-refractivity contribution in [2.75, 3.05) is 0 Å². The van der Waals surface area contributed by atoms with Crippen LogP contribution >= 0.6 is 0 Å². The Labute approximate surface area is 319 Å². The van der Waals surface area contributed by atoms with Crippen LogP contribution in [0.1, 0.15) is 0 Å². The van der Waals surface area contributed by atoms with Gasteiger partial charge in [-0.15, -0.1) is 0 Å². The molecule has 10 aromatic carbocycles. The summed E-state index contributed by atoms with van der Waals surface area (Å²) in [5.74, 6) is 0.935. The van der Waals surface area contributed by atoms with Crippen LogP contribution in [0.15, 0.2) is 206 Å². The molecule has 55 heavy (non-hydrogen) atoms. The maximum absolute atomic E-state index is 5.11. The number of rotatable bonds is 5. The normalized spacial score (nSPS) is 11.6. The Kier molecular flexibility index (Phi) is 7.21. The lowest BCUT2D eigenvalue weighted by molar-refractivity contribution is 1.10. The van der Waals surface area contributed by atoms with E-state index in [9.17, 15) is 0 Å². The molecule has 0 aliphatic carbocycles. The van der Waals surface area contributed by atoms with Crippen molar-refractivity contribution in [2.24, 2.45) is 0 Å². The summed E-state index contributed by atoms with van der Waals surface area (Å²) in [6.07, 6.45) is 0. The number of fused-ring (bicyclic) bond motifs is 5. The van der Waals surface area contributed by atoms with Crippen LogP contribution in [0.3, 0.4) is 0 Å². The smallest absolute Gasteiger partial charge is 0.145 e.